The van der Waals surface area contributed by atoms with Gasteiger partial charge in [0.2, 0.25) is 5.91 Å². The molecule has 114 valence electrons. The van der Waals surface area contributed by atoms with E-state index in [-0.39, 0.29) is 18.4 Å². The number of hydrogen-bond acceptors (Lipinski definition) is 4. The normalized spacial score (nSPS) is 15.3. The number of anilines is 1. The fourth-order valence-electron chi connectivity index (χ4n) is 2.60. The zero-order chi connectivity index (χ0) is 15.5. The van der Waals surface area contributed by atoms with Crippen molar-refractivity contribution in [3.8, 4) is 0 Å². The van der Waals surface area contributed by atoms with Gasteiger partial charge in [-0.15, -0.1) is 0 Å². The Bertz CT molecular complexity index is 521. The van der Waals surface area contributed by atoms with E-state index in [1.165, 1.54) is 7.11 Å². The lowest BCUT2D eigenvalue weighted by Gasteiger charge is -2.26. The van der Waals surface area contributed by atoms with Gasteiger partial charge in [-0.05, 0) is 37.0 Å². The summed E-state index contributed by atoms with van der Waals surface area (Å²) in [6.45, 7) is 2.56. The molecule has 1 aromatic carbocycles. The molecule has 21 heavy (non-hydrogen) atoms. The molecule has 1 aromatic rings. The Hall–Kier alpha value is -2.04. The lowest BCUT2D eigenvalue weighted by Crippen LogP contribution is -2.43. The summed E-state index contributed by atoms with van der Waals surface area (Å²) in [7, 11) is 1.34. The van der Waals surface area contributed by atoms with Gasteiger partial charge in [0.1, 0.15) is 6.54 Å². The summed E-state index contributed by atoms with van der Waals surface area (Å²) in [5, 5.41) is 0. The van der Waals surface area contributed by atoms with E-state index in [4.69, 9.17) is 5.73 Å². The van der Waals surface area contributed by atoms with Crippen LogP contribution in [0, 0.1) is 0 Å². The Morgan fingerprint density at radius 3 is 2.38 bits per heavy atom. The molecule has 5 heteroatoms. The average Bonchev–Trinajstić information content (AvgIpc) is 3.28. The van der Waals surface area contributed by atoms with Crippen molar-refractivity contribution in [2.45, 2.75) is 31.6 Å². The first-order valence-electron chi connectivity index (χ1n) is 7.25. The first-order chi connectivity index (χ1) is 10.0. The number of esters is 1. The minimum atomic E-state index is -0.475. The summed E-state index contributed by atoms with van der Waals surface area (Å²) in [4.78, 5) is 25.9. The maximum atomic E-state index is 12.8. The van der Waals surface area contributed by atoms with E-state index in [0.717, 1.165) is 24.8 Å². The van der Waals surface area contributed by atoms with Crippen LogP contribution in [0.15, 0.2) is 24.3 Å². The molecule has 0 radical (unpaired) electrons. The Morgan fingerprint density at radius 2 is 1.90 bits per heavy atom. The van der Waals surface area contributed by atoms with Gasteiger partial charge in [-0.25, -0.2) is 0 Å². The molecule has 0 saturated heterocycles. The second-order valence-corrected chi connectivity index (χ2v) is 5.51. The maximum Gasteiger partial charge on any atom is 0.325 e. The summed E-state index contributed by atoms with van der Waals surface area (Å²) >= 11 is 0. The largest absolute Gasteiger partial charge is 0.468 e. The molecule has 0 aromatic heterocycles. The molecule has 1 amide bonds. The van der Waals surface area contributed by atoms with Gasteiger partial charge >= 0.3 is 5.97 Å². The number of benzene rings is 1. The van der Waals surface area contributed by atoms with E-state index in [1.54, 1.807) is 4.90 Å². The van der Waals surface area contributed by atoms with Crippen LogP contribution in [0.4, 0.5) is 5.69 Å². The molecule has 0 bridgehead atoms. The van der Waals surface area contributed by atoms with Crippen molar-refractivity contribution in [2.75, 3.05) is 25.9 Å². The lowest BCUT2D eigenvalue weighted by atomic mass is 9.94. The van der Waals surface area contributed by atoms with E-state index in [1.807, 2.05) is 31.2 Å². The van der Waals surface area contributed by atoms with Crippen molar-refractivity contribution in [3.63, 3.8) is 0 Å². The van der Waals surface area contributed by atoms with Gasteiger partial charge < -0.3 is 15.4 Å². The van der Waals surface area contributed by atoms with E-state index in [9.17, 15) is 9.59 Å². The fourth-order valence-corrected chi connectivity index (χ4v) is 2.60. The Morgan fingerprint density at radius 1 is 1.29 bits per heavy atom. The van der Waals surface area contributed by atoms with Crippen molar-refractivity contribution in [3.05, 3.63) is 29.8 Å². The summed E-state index contributed by atoms with van der Waals surface area (Å²) in [6.07, 6.45) is 2.44. The first kappa shape index (κ1) is 15.4. The average molecular weight is 290 g/mol. The standard InChI is InChI=1S/C16H22N2O3/c1-3-10-18(11-14(19)21-2)15(20)16(8-9-16)12-4-6-13(17)7-5-12/h4-7H,3,8-11,17H2,1-2H3. The predicted octanol–water partition coefficient (Wildman–Crippen LogP) is 1.71. The lowest BCUT2D eigenvalue weighted by molar-refractivity contribution is -0.148. The molecule has 0 spiro atoms. The van der Waals surface area contributed by atoms with Gasteiger partial charge in [0.05, 0.1) is 12.5 Å². The Kier molecular flexibility index (Phi) is 4.50. The molecular formula is C16H22N2O3. The van der Waals surface area contributed by atoms with Crippen LogP contribution in [-0.4, -0.2) is 37.0 Å². The van der Waals surface area contributed by atoms with E-state index >= 15 is 0 Å². The van der Waals surface area contributed by atoms with Crippen molar-refractivity contribution >= 4 is 17.6 Å². The molecule has 0 aliphatic heterocycles. The number of rotatable bonds is 6. The smallest absolute Gasteiger partial charge is 0.325 e. The number of amides is 1. The third-order valence-corrected chi connectivity index (χ3v) is 3.95. The van der Waals surface area contributed by atoms with E-state index in [0.29, 0.717) is 12.2 Å². The molecule has 2 N–H and O–H groups in total. The highest BCUT2D eigenvalue weighted by atomic mass is 16.5. The topological polar surface area (TPSA) is 72.6 Å². The van der Waals surface area contributed by atoms with Crippen LogP contribution in [0.3, 0.4) is 0 Å². The minimum Gasteiger partial charge on any atom is -0.468 e. The predicted molar refractivity (Wildman–Crippen MR) is 80.7 cm³/mol. The molecule has 1 saturated carbocycles. The molecule has 2 rings (SSSR count). The number of ether oxygens (including phenoxy) is 1. The highest BCUT2D eigenvalue weighted by molar-refractivity contribution is 5.93. The number of nitrogens with zero attached hydrogens (tertiary/aromatic N) is 1. The summed E-state index contributed by atoms with van der Waals surface area (Å²) in [6, 6.07) is 7.44. The number of carbonyl (C=O) groups is 2. The van der Waals surface area contributed by atoms with Crippen LogP contribution in [0.2, 0.25) is 0 Å². The number of hydrogen-bond donors (Lipinski definition) is 1. The molecule has 1 aliphatic rings. The van der Waals surface area contributed by atoms with Gasteiger partial charge in [0, 0.05) is 12.2 Å². The van der Waals surface area contributed by atoms with Crippen molar-refractivity contribution in [1.29, 1.82) is 0 Å². The van der Waals surface area contributed by atoms with Crippen LogP contribution in [-0.2, 0) is 19.7 Å². The molecule has 5 nitrogen and oxygen atoms in total. The van der Waals surface area contributed by atoms with Crippen molar-refractivity contribution in [2.24, 2.45) is 0 Å². The number of methoxy groups -OCH3 is 1. The number of carbonyl (C=O) groups excluding carboxylic acids is 2. The van der Waals surface area contributed by atoms with Gasteiger partial charge in [0.15, 0.2) is 0 Å². The highest BCUT2D eigenvalue weighted by Gasteiger charge is 2.53. The molecule has 0 unspecified atom stereocenters. The molecule has 0 heterocycles. The van der Waals surface area contributed by atoms with Gasteiger partial charge in [-0.2, -0.15) is 0 Å². The zero-order valence-corrected chi connectivity index (χ0v) is 12.6. The Labute approximate surface area is 125 Å². The SMILES string of the molecule is CCCN(CC(=O)OC)C(=O)C1(c2ccc(N)cc2)CC1. The number of nitrogen functional groups attached to an aromatic ring is 1. The summed E-state index contributed by atoms with van der Waals surface area (Å²) < 4.78 is 4.68. The molecular weight excluding hydrogens is 268 g/mol. The monoisotopic (exact) mass is 290 g/mol. The van der Waals surface area contributed by atoms with Crippen molar-refractivity contribution < 1.29 is 14.3 Å². The highest BCUT2D eigenvalue weighted by Crippen LogP contribution is 2.49. The van der Waals surface area contributed by atoms with Gasteiger partial charge in [-0.3, -0.25) is 9.59 Å². The third-order valence-electron chi connectivity index (χ3n) is 3.95. The second kappa shape index (κ2) is 6.16. The van der Waals surface area contributed by atoms with Crippen LogP contribution < -0.4 is 5.73 Å². The zero-order valence-electron chi connectivity index (χ0n) is 12.6. The fraction of sp³-hybridized carbons (Fsp3) is 0.500. The molecule has 0 atom stereocenters. The molecule has 1 fully saturated rings. The number of nitrogens with two attached hydrogens (primary N) is 1. The minimum absolute atomic E-state index is 0.0134. The van der Waals surface area contributed by atoms with Crippen molar-refractivity contribution in [1.82, 2.24) is 4.90 Å². The van der Waals surface area contributed by atoms with Crippen LogP contribution >= 0.6 is 0 Å². The second-order valence-electron chi connectivity index (χ2n) is 5.51. The first-order valence-corrected chi connectivity index (χ1v) is 7.25. The van der Waals surface area contributed by atoms with Crippen LogP contribution in [0.1, 0.15) is 31.7 Å². The summed E-state index contributed by atoms with van der Waals surface area (Å²) in [5.41, 5.74) is 6.89. The van der Waals surface area contributed by atoms with Gasteiger partial charge in [-0.1, -0.05) is 19.1 Å². The third kappa shape index (κ3) is 3.17. The Balaban J connectivity index is 2.19. The van der Waals surface area contributed by atoms with E-state index in [2.05, 4.69) is 4.74 Å². The summed E-state index contributed by atoms with van der Waals surface area (Å²) in [5.74, 6) is -0.371. The van der Waals surface area contributed by atoms with Crippen LogP contribution in [0.25, 0.3) is 0 Å². The van der Waals surface area contributed by atoms with Crippen LogP contribution in [0.5, 0.6) is 0 Å². The van der Waals surface area contributed by atoms with E-state index < -0.39 is 5.41 Å². The molecule has 1 aliphatic carbocycles. The quantitative estimate of drug-likeness (QED) is 0.639. The van der Waals surface area contributed by atoms with Gasteiger partial charge in [0.25, 0.3) is 0 Å². The maximum absolute atomic E-state index is 12.8.